The number of carbonyl (C=O) groups excluding carboxylic acids is 1. The monoisotopic (exact) mass is 488 g/mol. The second-order valence-electron chi connectivity index (χ2n) is 8.47. The van der Waals surface area contributed by atoms with Gasteiger partial charge < -0.3 is 10.1 Å². The van der Waals surface area contributed by atoms with Gasteiger partial charge in [-0.3, -0.25) is 9.52 Å². The third-order valence-corrected chi connectivity index (χ3v) is 7.42. The van der Waals surface area contributed by atoms with Crippen molar-refractivity contribution in [2.24, 2.45) is 0 Å². The molecule has 0 aliphatic carbocycles. The fourth-order valence-electron chi connectivity index (χ4n) is 3.80. The molecule has 0 radical (unpaired) electrons. The maximum atomic E-state index is 13.1. The molecule has 0 heterocycles. The molecule has 7 heteroatoms. The van der Waals surface area contributed by atoms with Crippen molar-refractivity contribution < 1.29 is 17.9 Å². The third-order valence-electron chi connectivity index (χ3n) is 5.89. The summed E-state index contributed by atoms with van der Waals surface area (Å²) in [4.78, 5) is 12.8. The lowest BCUT2D eigenvalue weighted by atomic mass is 10.1. The van der Waals surface area contributed by atoms with Gasteiger partial charge in [-0.1, -0.05) is 48.5 Å². The third kappa shape index (κ3) is 5.63. The number of benzene rings is 4. The minimum Gasteiger partial charge on any atom is -0.491 e. The number of rotatable bonds is 8. The number of anilines is 1. The maximum Gasteiger partial charge on any atom is 0.262 e. The molecule has 4 rings (SSSR count). The second kappa shape index (κ2) is 10.2. The quantitative estimate of drug-likeness (QED) is 0.326. The van der Waals surface area contributed by atoms with Gasteiger partial charge in [0, 0.05) is 16.6 Å². The van der Waals surface area contributed by atoms with Gasteiger partial charge in [0.1, 0.15) is 12.4 Å². The normalized spacial score (nSPS) is 11.3. The number of hydrogen-bond donors (Lipinski definition) is 2. The van der Waals surface area contributed by atoms with Gasteiger partial charge in [0.05, 0.1) is 11.4 Å². The van der Waals surface area contributed by atoms with E-state index < -0.39 is 10.0 Å². The van der Waals surface area contributed by atoms with Crippen LogP contribution in [0.1, 0.15) is 27.0 Å². The van der Waals surface area contributed by atoms with Gasteiger partial charge in [0.15, 0.2) is 0 Å². The Morgan fingerprint density at radius 2 is 1.57 bits per heavy atom. The van der Waals surface area contributed by atoms with Crippen LogP contribution in [0, 0.1) is 20.8 Å². The number of hydrogen-bond acceptors (Lipinski definition) is 4. The van der Waals surface area contributed by atoms with Crippen molar-refractivity contribution in [1.29, 1.82) is 0 Å². The molecule has 0 unspecified atom stereocenters. The van der Waals surface area contributed by atoms with Gasteiger partial charge in [-0.15, -0.1) is 0 Å². The van der Waals surface area contributed by atoms with Crippen molar-refractivity contribution in [3.63, 3.8) is 0 Å². The SMILES string of the molecule is Cc1ccc(NS(=O)(=O)c2cc(C(=O)NCCOc3cccc4ccccc34)ccc2C)cc1C. The largest absolute Gasteiger partial charge is 0.491 e. The number of ether oxygens (including phenoxy) is 1. The Labute approximate surface area is 206 Å². The summed E-state index contributed by atoms with van der Waals surface area (Å²) in [5, 5.41) is 4.89. The molecule has 4 aromatic rings. The molecule has 0 saturated carbocycles. The number of fused-ring (bicyclic) bond motifs is 1. The average Bonchev–Trinajstić information content (AvgIpc) is 2.84. The Bertz CT molecular complexity index is 1490. The van der Waals surface area contributed by atoms with Crippen LogP contribution < -0.4 is 14.8 Å². The zero-order valence-corrected chi connectivity index (χ0v) is 20.8. The highest BCUT2D eigenvalue weighted by atomic mass is 32.2. The van der Waals surface area contributed by atoms with Crippen LogP contribution in [0.2, 0.25) is 0 Å². The van der Waals surface area contributed by atoms with Crippen LogP contribution in [0.5, 0.6) is 5.75 Å². The highest BCUT2D eigenvalue weighted by molar-refractivity contribution is 7.92. The number of amides is 1. The summed E-state index contributed by atoms with van der Waals surface area (Å²) in [5.41, 5.74) is 3.36. The lowest BCUT2D eigenvalue weighted by molar-refractivity contribution is 0.0947. The molecule has 0 bridgehead atoms. The summed E-state index contributed by atoms with van der Waals surface area (Å²) < 4.78 is 34.6. The van der Waals surface area contributed by atoms with E-state index in [0.717, 1.165) is 27.6 Å². The van der Waals surface area contributed by atoms with E-state index in [1.807, 2.05) is 62.4 Å². The number of carbonyl (C=O) groups is 1. The Morgan fingerprint density at radius 3 is 2.37 bits per heavy atom. The molecule has 2 N–H and O–H groups in total. The maximum absolute atomic E-state index is 13.1. The van der Waals surface area contributed by atoms with Gasteiger partial charge in [-0.2, -0.15) is 0 Å². The van der Waals surface area contributed by atoms with E-state index in [-0.39, 0.29) is 29.5 Å². The van der Waals surface area contributed by atoms with Gasteiger partial charge in [0.25, 0.3) is 15.9 Å². The molecule has 35 heavy (non-hydrogen) atoms. The molecule has 6 nitrogen and oxygen atoms in total. The molecule has 0 aliphatic heterocycles. The van der Waals surface area contributed by atoms with Crippen molar-refractivity contribution in [1.82, 2.24) is 5.32 Å². The van der Waals surface area contributed by atoms with Crippen molar-refractivity contribution in [3.05, 3.63) is 101 Å². The minimum absolute atomic E-state index is 0.0652. The molecule has 0 spiro atoms. The summed E-state index contributed by atoms with van der Waals surface area (Å²) in [6.45, 7) is 6.15. The predicted molar refractivity (Wildman–Crippen MR) is 140 cm³/mol. The van der Waals surface area contributed by atoms with Gasteiger partial charge in [-0.25, -0.2) is 8.42 Å². The van der Waals surface area contributed by atoms with E-state index >= 15 is 0 Å². The number of sulfonamides is 1. The zero-order valence-electron chi connectivity index (χ0n) is 20.0. The van der Waals surface area contributed by atoms with Crippen LogP contribution >= 0.6 is 0 Å². The van der Waals surface area contributed by atoms with Crippen LogP contribution in [-0.4, -0.2) is 27.5 Å². The predicted octanol–water partition coefficient (Wildman–Crippen LogP) is 5.37. The van der Waals surface area contributed by atoms with E-state index in [0.29, 0.717) is 11.3 Å². The lowest BCUT2D eigenvalue weighted by Gasteiger charge is -2.13. The van der Waals surface area contributed by atoms with E-state index in [1.54, 1.807) is 31.2 Å². The van der Waals surface area contributed by atoms with Crippen molar-refractivity contribution in [3.8, 4) is 5.75 Å². The van der Waals surface area contributed by atoms with Crippen LogP contribution in [0.15, 0.2) is 83.8 Å². The van der Waals surface area contributed by atoms with Crippen molar-refractivity contribution >= 4 is 32.4 Å². The fourth-order valence-corrected chi connectivity index (χ4v) is 5.12. The van der Waals surface area contributed by atoms with Crippen LogP contribution in [0.25, 0.3) is 10.8 Å². The Kier molecular flexibility index (Phi) is 7.07. The summed E-state index contributed by atoms with van der Waals surface area (Å²) in [6, 6.07) is 23.8. The fraction of sp³-hybridized carbons (Fsp3) is 0.179. The lowest BCUT2D eigenvalue weighted by Crippen LogP contribution is -2.28. The Morgan fingerprint density at radius 1 is 0.829 bits per heavy atom. The molecule has 0 aromatic heterocycles. The first-order chi connectivity index (χ1) is 16.7. The van der Waals surface area contributed by atoms with E-state index in [1.165, 1.54) is 6.07 Å². The molecular weight excluding hydrogens is 460 g/mol. The molecule has 0 atom stereocenters. The first-order valence-electron chi connectivity index (χ1n) is 11.3. The van der Waals surface area contributed by atoms with Gasteiger partial charge in [0.2, 0.25) is 0 Å². The Balaban J connectivity index is 1.41. The standard InChI is InChI=1S/C28H28N2O4S/c1-19-12-14-24(17-21(19)3)30-35(32,33)27-18-23(13-11-20(27)2)28(31)29-15-16-34-26-10-6-8-22-7-4-5-9-25(22)26/h4-14,17-18,30H,15-16H2,1-3H3,(H,29,31). The summed E-state index contributed by atoms with van der Waals surface area (Å²) in [7, 11) is -3.87. The van der Waals surface area contributed by atoms with Crippen LogP contribution in [-0.2, 0) is 10.0 Å². The van der Waals surface area contributed by atoms with Crippen LogP contribution in [0.4, 0.5) is 5.69 Å². The van der Waals surface area contributed by atoms with E-state index in [4.69, 9.17) is 4.74 Å². The van der Waals surface area contributed by atoms with Crippen LogP contribution in [0.3, 0.4) is 0 Å². The number of aryl methyl sites for hydroxylation is 3. The first kappa shape index (κ1) is 24.3. The smallest absolute Gasteiger partial charge is 0.262 e. The highest BCUT2D eigenvalue weighted by Gasteiger charge is 2.19. The molecular formula is C28H28N2O4S. The first-order valence-corrected chi connectivity index (χ1v) is 12.8. The van der Waals surface area contributed by atoms with Gasteiger partial charge >= 0.3 is 0 Å². The summed E-state index contributed by atoms with van der Waals surface area (Å²) in [5.74, 6) is 0.382. The topological polar surface area (TPSA) is 84.5 Å². The Hall–Kier alpha value is -3.84. The molecule has 0 saturated heterocycles. The van der Waals surface area contributed by atoms with E-state index in [2.05, 4.69) is 10.0 Å². The highest BCUT2D eigenvalue weighted by Crippen LogP contribution is 2.25. The average molecular weight is 489 g/mol. The molecule has 180 valence electrons. The zero-order chi connectivity index (χ0) is 25.0. The summed E-state index contributed by atoms with van der Waals surface area (Å²) in [6.07, 6.45) is 0. The number of nitrogens with one attached hydrogen (secondary N) is 2. The molecule has 4 aromatic carbocycles. The van der Waals surface area contributed by atoms with Gasteiger partial charge in [-0.05, 0) is 73.2 Å². The molecule has 0 aliphatic rings. The summed E-state index contributed by atoms with van der Waals surface area (Å²) >= 11 is 0. The molecule has 0 fully saturated rings. The molecule has 1 amide bonds. The van der Waals surface area contributed by atoms with E-state index in [9.17, 15) is 13.2 Å². The van der Waals surface area contributed by atoms with Crippen molar-refractivity contribution in [2.75, 3.05) is 17.9 Å². The minimum atomic E-state index is -3.87. The van der Waals surface area contributed by atoms with Crippen molar-refractivity contribution in [2.45, 2.75) is 25.7 Å². The second-order valence-corrected chi connectivity index (χ2v) is 10.1.